The molecule has 0 bridgehead atoms. The molecule has 1 aliphatic heterocycles. The summed E-state index contributed by atoms with van der Waals surface area (Å²) >= 11 is 0. The number of amides is 2. The van der Waals surface area contributed by atoms with Crippen LogP contribution in [-0.4, -0.2) is 25.0 Å². The number of anilines is 2. The molecule has 0 saturated heterocycles. The topological polar surface area (TPSA) is 58.6 Å². The molecule has 0 spiro atoms. The Balaban J connectivity index is 1.84. The molecule has 2 aromatic rings. The summed E-state index contributed by atoms with van der Waals surface area (Å²) in [5.74, 6) is 0.220. The van der Waals surface area contributed by atoms with Crippen molar-refractivity contribution in [2.24, 2.45) is 0 Å². The van der Waals surface area contributed by atoms with E-state index in [1.807, 2.05) is 31.2 Å². The molecule has 2 aromatic carbocycles. The van der Waals surface area contributed by atoms with Crippen LogP contribution in [0.5, 0.6) is 5.75 Å². The Hall–Kier alpha value is -2.82. The lowest BCUT2D eigenvalue weighted by atomic mass is 10.1. The van der Waals surface area contributed by atoms with Crippen molar-refractivity contribution in [2.75, 3.05) is 17.3 Å². The number of aryl methyl sites for hydroxylation is 1. The zero-order chi connectivity index (χ0) is 16.6. The minimum atomic E-state index is -0.553. The van der Waals surface area contributed by atoms with Crippen molar-refractivity contribution in [2.45, 2.75) is 20.0 Å². The van der Waals surface area contributed by atoms with Gasteiger partial charge in [-0.15, -0.1) is 0 Å². The number of nitrogens with zero attached hydrogens (tertiary/aromatic N) is 1. The van der Waals surface area contributed by atoms with Crippen molar-refractivity contribution in [3.63, 3.8) is 0 Å². The van der Waals surface area contributed by atoms with E-state index < -0.39 is 6.10 Å². The lowest BCUT2D eigenvalue weighted by Crippen LogP contribution is -2.42. The van der Waals surface area contributed by atoms with Gasteiger partial charge in [-0.3, -0.25) is 9.59 Å². The molecule has 0 aromatic heterocycles. The van der Waals surface area contributed by atoms with E-state index in [1.54, 1.807) is 37.1 Å². The molecule has 0 saturated carbocycles. The van der Waals surface area contributed by atoms with Gasteiger partial charge in [-0.2, -0.15) is 0 Å². The van der Waals surface area contributed by atoms with Crippen molar-refractivity contribution in [1.82, 2.24) is 0 Å². The molecule has 2 amide bonds. The zero-order valence-corrected chi connectivity index (χ0v) is 13.3. The standard InChI is InChI=1S/C18H18N2O3/c1-11-4-7-14(8-5-11)19-17(21)13-6-9-15-16(10-13)23-12(2)18(22)20(15)3/h4-10,12H,1-3H3,(H,19,21). The van der Waals surface area contributed by atoms with Crippen LogP contribution in [0.25, 0.3) is 0 Å². The second-order valence-electron chi connectivity index (χ2n) is 5.66. The van der Waals surface area contributed by atoms with E-state index in [9.17, 15) is 9.59 Å². The van der Waals surface area contributed by atoms with Crippen molar-refractivity contribution >= 4 is 23.2 Å². The van der Waals surface area contributed by atoms with Crippen LogP contribution in [0.15, 0.2) is 42.5 Å². The molecule has 0 aliphatic carbocycles. The number of nitrogens with one attached hydrogen (secondary N) is 1. The van der Waals surface area contributed by atoms with Gasteiger partial charge >= 0.3 is 0 Å². The smallest absolute Gasteiger partial charge is 0.267 e. The van der Waals surface area contributed by atoms with Gasteiger partial charge in [-0.05, 0) is 44.2 Å². The number of hydrogen-bond donors (Lipinski definition) is 1. The molecule has 1 atom stereocenters. The first kappa shape index (κ1) is 15.1. The van der Waals surface area contributed by atoms with Crippen LogP contribution in [0.1, 0.15) is 22.8 Å². The predicted octanol–water partition coefficient (Wildman–Crippen LogP) is 2.99. The summed E-state index contributed by atoms with van der Waals surface area (Å²) in [4.78, 5) is 25.8. The number of rotatable bonds is 2. The van der Waals surface area contributed by atoms with Gasteiger partial charge in [0.25, 0.3) is 11.8 Å². The van der Waals surface area contributed by atoms with E-state index in [-0.39, 0.29) is 11.8 Å². The Labute approximate surface area is 134 Å². The van der Waals surface area contributed by atoms with Crippen LogP contribution in [0.4, 0.5) is 11.4 Å². The molecule has 0 fully saturated rings. The lowest BCUT2D eigenvalue weighted by molar-refractivity contribution is -0.125. The minimum Gasteiger partial charge on any atom is -0.479 e. The average Bonchev–Trinajstić information content (AvgIpc) is 2.54. The maximum atomic E-state index is 12.4. The number of hydrogen-bond acceptors (Lipinski definition) is 3. The summed E-state index contributed by atoms with van der Waals surface area (Å²) in [5.41, 5.74) is 3.02. The van der Waals surface area contributed by atoms with E-state index in [0.29, 0.717) is 17.0 Å². The van der Waals surface area contributed by atoms with Crippen LogP contribution in [-0.2, 0) is 4.79 Å². The van der Waals surface area contributed by atoms with Crippen LogP contribution in [0, 0.1) is 6.92 Å². The average molecular weight is 310 g/mol. The van der Waals surface area contributed by atoms with Crippen molar-refractivity contribution in [3.8, 4) is 5.75 Å². The maximum Gasteiger partial charge on any atom is 0.267 e. The Morgan fingerprint density at radius 3 is 2.57 bits per heavy atom. The van der Waals surface area contributed by atoms with Gasteiger partial charge in [0.1, 0.15) is 5.75 Å². The quantitative estimate of drug-likeness (QED) is 0.927. The van der Waals surface area contributed by atoms with E-state index in [1.165, 1.54) is 0 Å². The van der Waals surface area contributed by atoms with E-state index in [0.717, 1.165) is 11.3 Å². The van der Waals surface area contributed by atoms with Gasteiger partial charge in [0.15, 0.2) is 6.10 Å². The van der Waals surface area contributed by atoms with Gasteiger partial charge < -0.3 is 15.0 Å². The highest BCUT2D eigenvalue weighted by molar-refractivity contribution is 6.06. The zero-order valence-electron chi connectivity index (χ0n) is 13.3. The Bertz CT molecular complexity index is 768. The van der Waals surface area contributed by atoms with Crippen molar-refractivity contribution in [1.29, 1.82) is 0 Å². The van der Waals surface area contributed by atoms with Gasteiger partial charge in [-0.25, -0.2) is 0 Å². The fourth-order valence-corrected chi connectivity index (χ4v) is 2.50. The van der Waals surface area contributed by atoms with Crippen molar-refractivity contribution in [3.05, 3.63) is 53.6 Å². The molecule has 3 rings (SSSR count). The summed E-state index contributed by atoms with van der Waals surface area (Å²) in [7, 11) is 1.70. The normalized spacial score (nSPS) is 16.6. The number of carbonyl (C=O) groups excluding carboxylic acids is 2. The SMILES string of the molecule is Cc1ccc(NC(=O)c2ccc3c(c2)OC(C)C(=O)N3C)cc1. The molecule has 5 heteroatoms. The third kappa shape index (κ3) is 2.90. The van der Waals surface area contributed by atoms with Gasteiger partial charge in [-0.1, -0.05) is 17.7 Å². The number of likely N-dealkylation sites (N-methyl/N-ethyl adjacent to an activating group) is 1. The molecule has 5 nitrogen and oxygen atoms in total. The molecule has 1 aliphatic rings. The number of fused-ring (bicyclic) bond motifs is 1. The molecular weight excluding hydrogens is 292 g/mol. The van der Waals surface area contributed by atoms with Gasteiger partial charge in [0.2, 0.25) is 0 Å². The first-order valence-electron chi connectivity index (χ1n) is 7.42. The fourth-order valence-electron chi connectivity index (χ4n) is 2.50. The summed E-state index contributed by atoms with van der Waals surface area (Å²) in [5, 5.41) is 2.85. The summed E-state index contributed by atoms with van der Waals surface area (Å²) in [6, 6.07) is 12.7. The monoisotopic (exact) mass is 310 g/mol. The summed E-state index contributed by atoms with van der Waals surface area (Å²) < 4.78 is 5.60. The highest BCUT2D eigenvalue weighted by atomic mass is 16.5. The molecule has 118 valence electrons. The van der Waals surface area contributed by atoms with Gasteiger partial charge in [0, 0.05) is 18.3 Å². The first-order chi connectivity index (χ1) is 11.0. The minimum absolute atomic E-state index is 0.102. The first-order valence-corrected chi connectivity index (χ1v) is 7.42. The summed E-state index contributed by atoms with van der Waals surface area (Å²) in [6.45, 7) is 3.69. The van der Waals surface area contributed by atoms with Gasteiger partial charge in [0.05, 0.1) is 5.69 Å². The molecule has 1 N–H and O–H groups in total. The van der Waals surface area contributed by atoms with Crippen LogP contribution < -0.4 is 15.0 Å². The number of ether oxygens (including phenoxy) is 1. The molecule has 0 radical (unpaired) electrons. The third-order valence-corrected chi connectivity index (χ3v) is 3.87. The second-order valence-corrected chi connectivity index (χ2v) is 5.66. The van der Waals surface area contributed by atoms with E-state index in [4.69, 9.17) is 4.74 Å². The Kier molecular flexibility index (Phi) is 3.78. The molecule has 1 heterocycles. The molecule has 23 heavy (non-hydrogen) atoms. The van der Waals surface area contributed by atoms with Crippen LogP contribution in [0.2, 0.25) is 0 Å². The lowest BCUT2D eigenvalue weighted by Gasteiger charge is -2.30. The predicted molar refractivity (Wildman–Crippen MR) is 89.1 cm³/mol. The van der Waals surface area contributed by atoms with Crippen LogP contribution >= 0.6 is 0 Å². The number of benzene rings is 2. The van der Waals surface area contributed by atoms with Crippen molar-refractivity contribution < 1.29 is 14.3 Å². The molecule has 1 unspecified atom stereocenters. The van der Waals surface area contributed by atoms with E-state index >= 15 is 0 Å². The Morgan fingerprint density at radius 2 is 1.87 bits per heavy atom. The highest BCUT2D eigenvalue weighted by Crippen LogP contribution is 2.34. The number of carbonyl (C=O) groups is 2. The molecular formula is C18H18N2O3. The third-order valence-electron chi connectivity index (χ3n) is 3.87. The fraction of sp³-hybridized carbons (Fsp3) is 0.222. The van der Waals surface area contributed by atoms with Crippen LogP contribution in [0.3, 0.4) is 0 Å². The largest absolute Gasteiger partial charge is 0.479 e. The maximum absolute atomic E-state index is 12.4. The highest BCUT2D eigenvalue weighted by Gasteiger charge is 2.29. The second kappa shape index (κ2) is 5.76. The summed E-state index contributed by atoms with van der Waals surface area (Å²) in [6.07, 6.45) is -0.553. The Morgan fingerprint density at radius 1 is 1.17 bits per heavy atom. The van der Waals surface area contributed by atoms with E-state index in [2.05, 4.69) is 5.32 Å².